The topological polar surface area (TPSA) is 84.5 Å². The van der Waals surface area contributed by atoms with Crippen LogP contribution >= 0.6 is 0 Å². The van der Waals surface area contributed by atoms with Crippen LogP contribution in [0, 0.1) is 0 Å². The Hall–Kier alpha value is -3.41. The van der Waals surface area contributed by atoms with Crippen molar-refractivity contribution in [1.29, 1.82) is 0 Å². The largest absolute Gasteiger partial charge is 0.463 e. The molecule has 0 bridgehead atoms. The third kappa shape index (κ3) is 4.61. The van der Waals surface area contributed by atoms with Crippen molar-refractivity contribution in [3.63, 3.8) is 0 Å². The number of carbonyl (C=O) groups excluding carboxylic acids is 3. The van der Waals surface area contributed by atoms with Gasteiger partial charge in [-0.25, -0.2) is 4.79 Å². The Kier molecular flexibility index (Phi) is 5.66. The average molecular weight is 364 g/mol. The van der Waals surface area contributed by atoms with Gasteiger partial charge in [0.2, 0.25) is 11.8 Å². The first-order valence-corrected chi connectivity index (χ1v) is 8.71. The molecule has 0 saturated heterocycles. The van der Waals surface area contributed by atoms with Gasteiger partial charge in [0.15, 0.2) is 0 Å². The second-order valence-electron chi connectivity index (χ2n) is 6.09. The number of hydrogen-bond acceptors (Lipinski definition) is 4. The van der Waals surface area contributed by atoms with E-state index < -0.39 is 11.9 Å². The Bertz CT molecular complexity index is 887. The Morgan fingerprint density at radius 1 is 1.19 bits per heavy atom. The minimum Gasteiger partial charge on any atom is -0.463 e. The summed E-state index contributed by atoms with van der Waals surface area (Å²) in [4.78, 5) is 35.9. The molecule has 0 aliphatic carbocycles. The predicted octanol–water partition coefficient (Wildman–Crippen LogP) is 3.33. The number of rotatable bonds is 5. The van der Waals surface area contributed by atoms with Gasteiger partial charge in [-0.15, -0.1) is 0 Å². The van der Waals surface area contributed by atoms with Crippen LogP contribution in [0.2, 0.25) is 0 Å². The molecule has 2 aromatic rings. The normalized spacial score (nSPS) is 15.7. The van der Waals surface area contributed by atoms with Gasteiger partial charge in [-0.3, -0.25) is 9.59 Å². The molecule has 1 atom stereocenters. The molecule has 0 radical (unpaired) electrons. The lowest BCUT2D eigenvalue weighted by atomic mass is 9.90. The molecule has 1 aliphatic heterocycles. The van der Waals surface area contributed by atoms with Crippen molar-refractivity contribution in [2.75, 3.05) is 17.2 Å². The molecule has 27 heavy (non-hydrogen) atoms. The van der Waals surface area contributed by atoms with Crippen molar-refractivity contribution in [1.82, 2.24) is 0 Å². The molecule has 1 aliphatic rings. The summed E-state index contributed by atoms with van der Waals surface area (Å²) < 4.78 is 4.83. The number of ether oxygens (including phenoxy) is 1. The van der Waals surface area contributed by atoms with Gasteiger partial charge >= 0.3 is 5.97 Å². The zero-order valence-corrected chi connectivity index (χ0v) is 14.9. The highest BCUT2D eigenvalue weighted by atomic mass is 16.5. The number of fused-ring (bicyclic) bond motifs is 1. The number of esters is 1. The van der Waals surface area contributed by atoms with Gasteiger partial charge < -0.3 is 15.4 Å². The Labute approximate surface area is 157 Å². The van der Waals surface area contributed by atoms with E-state index in [0.29, 0.717) is 18.0 Å². The molecule has 0 saturated carbocycles. The molecule has 0 aromatic heterocycles. The van der Waals surface area contributed by atoms with Gasteiger partial charge in [0, 0.05) is 23.9 Å². The number of hydrogen-bond donors (Lipinski definition) is 2. The molecule has 1 unspecified atom stereocenters. The summed E-state index contributed by atoms with van der Waals surface area (Å²) in [5.41, 5.74) is 2.91. The SMILES string of the molecule is CCOC(=O)/C=C/c1ccc(NC(=O)C2CC(=O)Nc3ccccc32)cc1. The number of nitrogens with one attached hydrogen (secondary N) is 2. The zero-order chi connectivity index (χ0) is 19.2. The number of para-hydroxylation sites is 1. The van der Waals surface area contributed by atoms with Gasteiger partial charge in [0.25, 0.3) is 0 Å². The summed E-state index contributed by atoms with van der Waals surface area (Å²) in [5, 5.41) is 5.63. The van der Waals surface area contributed by atoms with E-state index in [1.165, 1.54) is 6.08 Å². The molecular weight excluding hydrogens is 344 g/mol. The van der Waals surface area contributed by atoms with E-state index in [-0.39, 0.29) is 18.2 Å². The van der Waals surface area contributed by atoms with Crippen molar-refractivity contribution in [2.45, 2.75) is 19.3 Å². The van der Waals surface area contributed by atoms with Crippen LogP contribution in [0.15, 0.2) is 54.6 Å². The Morgan fingerprint density at radius 3 is 2.67 bits per heavy atom. The number of carbonyl (C=O) groups is 3. The minimum absolute atomic E-state index is 0.114. The first-order valence-electron chi connectivity index (χ1n) is 8.71. The van der Waals surface area contributed by atoms with Crippen molar-refractivity contribution >= 4 is 35.2 Å². The summed E-state index contributed by atoms with van der Waals surface area (Å²) in [7, 11) is 0. The summed E-state index contributed by atoms with van der Waals surface area (Å²) in [6.45, 7) is 2.08. The molecule has 138 valence electrons. The molecule has 2 aromatic carbocycles. The number of anilines is 2. The van der Waals surface area contributed by atoms with Gasteiger partial charge in [-0.2, -0.15) is 0 Å². The average Bonchev–Trinajstić information content (AvgIpc) is 2.67. The lowest BCUT2D eigenvalue weighted by molar-refractivity contribution is -0.137. The van der Waals surface area contributed by atoms with Gasteiger partial charge in [-0.1, -0.05) is 30.3 Å². The maximum atomic E-state index is 12.7. The first kappa shape index (κ1) is 18.4. The van der Waals surface area contributed by atoms with E-state index in [4.69, 9.17) is 4.74 Å². The lowest BCUT2D eigenvalue weighted by Crippen LogP contribution is -2.30. The maximum absolute atomic E-state index is 12.7. The number of amides is 2. The quantitative estimate of drug-likeness (QED) is 0.630. The van der Waals surface area contributed by atoms with E-state index in [0.717, 1.165) is 11.1 Å². The maximum Gasteiger partial charge on any atom is 0.330 e. The van der Waals surface area contributed by atoms with Crippen LogP contribution in [-0.4, -0.2) is 24.4 Å². The highest BCUT2D eigenvalue weighted by Crippen LogP contribution is 2.32. The van der Waals surface area contributed by atoms with Crippen LogP contribution in [0.3, 0.4) is 0 Å². The molecule has 0 fully saturated rings. The summed E-state index contributed by atoms with van der Waals surface area (Å²) in [5.74, 6) is -1.33. The molecular formula is C21H20N2O4. The first-order chi connectivity index (χ1) is 13.1. The van der Waals surface area contributed by atoms with Crippen LogP contribution in [0.5, 0.6) is 0 Å². The second-order valence-corrected chi connectivity index (χ2v) is 6.09. The molecule has 2 N–H and O–H groups in total. The monoisotopic (exact) mass is 364 g/mol. The predicted molar refractivity (Wildman–Crippen MR) is 103 cm³/mol. The third-order valence-corrected chi connectivity index (χ3v) is 4.19. The minimum atomic E-state index is -0.529. The van der Waals surface area contributed by atoms with Crippen LogP contribution in [0.1, 0.15) is 30.4 Å². The van der Waals surface area contributed by atoms with E-state index in [1.807, 2.05) is 18.2 Å². The smallest absolute Gasteiger partial charge is 0.330 e. The van der Waals surface area contributed by atoms with E-state index in [2.05, 4.69) is 10.6 Å². The third-order valence-electron chi connectivity index (χ3n) is 4.19. The van der Waals surface area contributed by atoms with Gasteiger partial charge in [-0.05, 0) is 42.3 Å². The zero-order valence-electron chi connectivity index (χ0n) is 14.9. The summed E-state index contributed by atoms with van der Waals surface area (Å²) in [6.07, 6.45) is 3.11. The van der Waals surface area contributed by atoms with Crippen LogP contribution in [-0.2, 0) is 19.1 Å². The molecule has 0 spiro atoms. The highest BCUT2D eigenvalue weighted by Gasteiger charge is 2.30. The standard InChI is InChI=1S/C21H20N2O4/c1-2-27-20(25)12-9-14-7-10-15(11-8-14)22-21(26)17-13-19(24)23-18-6-4-3-5-16(17)18/h3-12,17H,2,13H2,1H3,(H,22,26)(H,23,24)/b12-9+. The molecule has 6 heteroatoms. The van der Waals surface area contributed by atoms with E-state index >= 15 is 0 Å². The van der Waals surface area contributed by atoms with Crippen LogP contribution in [0.4, 0.5) is 11.4 Å². The lowest BCUT2D eigenvalue weighted by Gasteiger charge is -2.24. The highest BCUT2D eigenvalue weighted by molar-refractivity contribution is 6.05. The van der Waals surface area contributed by atoms with Crippen LogP contribution in [0.25, 0.3) is 6.08 Å². The fraction of sp³-hybridized carbons (Fsp3) is 0.190. The molecule has 1 heterocycles. The Morgan fingerprint density at radius 2 is 1.93 bits per heavy atom. The fourth-order valence-electron chi connectivity index (χ4n) is 2.91. The number of benzene rings is 2. The van der Waals surface area contributed by atoms with Crippen LogP contribution < -0.4 is 10.6 Å². The van der Waals surface area contributed by atoms with Gasteiger partial charge in [0.05, 0.1) is 12.5 Å². The fourth-order valence-corrected chi connectivity index (χ4v) is 2.91. The van der Waals surface area contributed by atoms with Crippen molar-refractivity contribution in [3.8, 4) is 0 Å². The summed E-state index contributed by atoms with van der Waals surface area (Å²) >= 11 is 0. The van der Waals surface area contributed by atoms with Gasteiger partial charge in [0.1, 0.15) is 0 Å². The second kappa shape index (κ2) is 8.31. The van der Waals surface area contributed by atoms with E-state index in [1.54, 1.807) is 43.3 Å². The summed E-state index contributed by atoms with van der Waals surface area (Å²) in [6, 6.07) is 14.4. The molecule has 3 rings (SSSR count). The molecule has 6 nitrogen and oxygen atoms in total. The van der Waals surface area contributed by atoms with Crippen molar-refractivity contribution in [2.24, 2.45) is 0 Å². The van der Waals surface area contributed by atoms with E-state index in [9.17, 15) is 14.4 Å². The van der Waals surface area contributed by atoms with Crippen molar-refractivity contribution in [3.05, 3.63) is 65.7 Å². The van der Waals surface area contributed by atoms with Crippen molar-refractivity contribution < 1.29 is 19.1 Å². The Balaban J connectivity index is 1.68. The molecule has 2 amide bonds.